The minimum atomic E-state index is -0.179. The fourth-order valence-corrected chi connectivity index (χ4v) is 2.65. The van der Waals surface area contributed by atoms with Crippen LogP contribution >= 0.6 is 11.6 Å². The summed E-state index contributed by atoms with van der Waals surface area (Å²) in [6.45, 7) is 1.05. The number of halogens is 1. The second-order valence-electron chi connectivity index (χ2n) is 5.81. The van der Waals surface area contributed by atoms with Crippen molar-refractivity contribution in [2.75, 3.05) is 13.2 Å². The van der Waals surface area contributed by atoms with Crippen molar-refractivity contribution >= 4 is 28.4 Å². The number of hydrogen-bond acceptors (Lipinski definition) is 4. The summed E-state index contributed by atoms with van der Waals surface area (Å²) in [6, 6.07) is 16.1. The molecule has 5 nitrogen and oxygen atoms in total. The number of benzene rings is 2. The molecule has 26 heavy (non-hydrogen) atoms. The van der Waals surface area contributed by atoms with Gasteiger partial charge in [0.15, 0.2) is 0 Å². The predicted molar refractivity (Wildman–Crippen MR) is 102 cm³/mol. The lowest BCUT2D eigenvalue weighted by molar-refractivity contribution is 0.0947. The molecule has 6 heteroatoms. The van der Waals surface area contributed by atoms with Crippen LogP contribution < -0.4 is 10.1 Å². The molecule has 0 saturated carbocycles. The number of aromatic nitrogens is 1. The molecule has 0 fully saturated rings. The zero-order valence-electron chi connectivity index (χ0n) is 14.1. The Morgan fingerprint density at radius 3 is 2.81 bits per heavy atom. The van der Waals surface area contributed by atoms with E-state index in [2.05, 4.69) is 10.3 Å². The number of carbonyl (C=O) groups excluding carboxylic acids is 1. The van der Waals surface area contributed by atoms with Crippen molar-refractivity contribution in [1.82, 2.24) is 10.3 Å². The standard InChI is InChI=1S/C20H19ClN2O3/c21-16-13-15(8-10-19(16)24)26-12-4-3-11-22-20(25)18-9-7-14-5-1-2-6-17(14)23-18/h1-2,5-10,13,24H,3-4,11-12H2,(H,22,25). The van der Waals surface area contributed by atoms with E-state index in [1.807, 2.05) is 30.3 Å². The van der Waals surface area contributed by atoms with Crippen molar-refractivity contribution in [1.29, 1.82) is 0 Å². The van der Waals surface area contributed by atoms with Gasteiger partial charge in [-0.25, -0.2) is 4.98 Å². The van der Waals surface area contributed by atoms with Crippen molar-refractivity contribution < 1.29 is 14.6 Å². The number of nitrogens with zero attached hydrogens (tertiary/aromatic N) is 1. The first-order chi connectivity index (χ1) is 12.6. The van der Waals surface area contributed by atoms with E-state index in [9.17, 15) is 9.90 Å². The smallest absolute Gasteiger partial charge is 0.269 e. The average Bonchev–Trinajstić information content (AvgIpc) is 2.66. The van der Waals surface area contributed by atoms with E-state index in [0.717, 1.165) is 23.7 Å². The van der Waals surface area contributed by atoms with Gasteiger partial charge in [-0.05, 0) is 37.1 Å². The Morgan fingerprint density at radius 2 is 1.96 bits per heavy atom. The van der Waals surface area contributed by atoms with Crippen LogP contribution in [0.1, 0.15) is 23.3 Å². The van der Waals surface area contributed by atoms with Crippen LogP contribution in [0.3, 0.4) is 0 Å². The first-order valence-corrected chi connectivity index (χ1v) is 8.76. The van der Waals surface area contributed by atoms with E-state index in [0.29, 0.717) is 24.6 Å². The van der Waals surface area contributed by atoms with Crippen LogP contribution in [0, 0.1) is 0 Å². The summed E-state index contributed by atoms with van der Waals surface area (Å²) in [7, 11) is 0. The Kier molecular flexibility index (Phi) is 5.92. The van der Waals surface area contributed by atoms with Crippen LogP contribution in [0.2, 0.25) is 5.02 Å². The van der Waals surface area contributed by atoms with E-state index in [-0.39, 0.29) is 16.7 Å². The van der Waals surface area contributed by atoms with Crippen LogP contribution in [0.5, 0.6) is 11.5 Å². The summed E-state index contributed by atoms with van der Waals surface area (Å²) < 4.78 is 5.56. The normalized spacial score (nSPS) is 10.7. The topological polar surface area (TPSA) is 71.5 Å². The SMILES string of the molecule is O=C(NCCCCOc1ccc(O)c(Cl)c1)c1ccc2ccccc2n1. The van der Waals surface area contributed by atoms with Gasteiger partial charge in [0.2, 0.25) is 0 Å². The molecule has 0 radical (unpaired) electrons. The molecule has 0 aliphatic heterocycles. The summed E-state index contributed by atoms with van der Waals surface area (Å²) in [5.41, 5.74) is 1.22. The molecule has 0 atom stereocenters. The Morgan fingerprint density at radius 1 is 1.12 bits per heavy atom. The zero-order valence-corrected chi connectivity index (χ0v) is 14.9. The van der Waals surface area contributed by atoms with Crippen molar-refractivity contribution in [2.24, 2.45) is 0 Å². The summed E-state index contributed by atoms with van der Waals surface area (Å²) >= 11 is 5.82. The van der Waals surface area contributed by atoms with Crippen LogP contribution in [0.25, 0.3) is 10.9 Å². The molecule has 0 saturated heterocycles. The number of aromatic hydroxyl groups is 1. The van der Waals surface area contributed by atoms with Crippen molar-refractivity contribution in [3.05, 3.63) is 65.3 Å². The molecule has 2 aromatic carbocycles. The number of phenolic OH excluding ortho intramolecular Hbond substituents is 1. The van der Waals surface area contributed by atoms with Crippen molar-refractivity contribution in [2.45, 2.75) is 12.8 Å². The molecule has 1 heterocycles. The minimum Gasteiger partial charge on any atom is -0.506 e. The van der Waals surface area contributed by atoms with Crippen LogP contribution in [-0.4, -0.2) is 29.1 Å². The van der Waals surface area contributed by atoms with Gasteiger partial charge in [0.05, 0.1) is 17.1 Å². The molecular formula is C20H19ClN2O3. The first kappa shape index (κ1) is 18.0. The van der Waals surface area contributed by atoms with Gasteiger partial charge in [-0.15, -0.1) is 0 Å². The maximum Gasteiger partial charge on any atom is 0.269 e. The van der Waals surface area contributed by atoms with Gasteiger partial charge in [0, 0.05) is 18.0 Å². The molecular weight excluding hydrogens is 352 g/mol. The fourth-order valence-electron chi connectivity index (χ4n) is 2.48. The van der Waals surface area contributed by atoms with E-state index < -0.39 is 0 Å². The summed E-state index contributed by atoms with van der Waals surface area (Å²) in [6.07, 6.45) is 1.56. The lowest BCUT2D eigenvalue weighted by Crippen LogP contribution is -2.25. The molecule has 2 N–H and O–H groups in total. The number of nitrogens with one attached hydrogen (secondary N) is 1. The van der Waals surface area contributed by atoms with Crippen LogP contribution in [0.15, 0.2) is 54.6 Å². The number of rotatable bonds is 7. The molecule has 0 spiro atoms. The highest BCUT2D eigenvalue weighted by molar-refractivity contribution is 6.32. The van der Waals surface area contributed by atoms with E-state index in [4.69, 9.17) is 16.3 Å². The third kappa shape index (κ3) is 4.64. The van der Waals surface area contributed by atoms with Gasteiger partial charge in [0.25, 0.3) is 5.91 Å². The van der Waals surface area contributed by atoms with Gasteiger partial charge < -0.3 is 15.2 Å². The van der Waals surface area contributed by atoms with E-state index in [1.165, 1.54) is 6.07 Å². The molecule has 0 bridgehead atoms. The Balaban J connectivity index is 1.40. The molecule has 1 amide bonds. The second kappa shape index (κ2) is 8.54. The maximum atomic E-state index is 12.2. The highest BCUT2D eigenvalue weighted by atomic mass is 35.5. The third-order valence-electron chi connectivity index (χ3n) is 3.88. The number of unbranched alkanes of at least 4 members (excludes halogenated alkanes) is 1. The van der Waals surface area contributed by atoms with Crippen LogP contribution in [-0.2, 0) is 0 Å². The first-order valence-electron chi connectivity index (χ1n) is 8.39. The number of amides is 1. The van der Waals surface area contributed by atoms with Crippen molar-refractivity contribution in [3.63, 3.8) is 0 Å². The Labute approximate surface area is 156 Å². The largest absolute Gasteiger partial charge is 0.506 e. The highest BCUT2D eigenvalue weighted by Gasteiger charge is 2.07. The van der Waals surface area contributed by atoms with Crippen molar-refractivity contribution in [3.8, 4) is 11.5 Å². The highest BCUT2D eigenvalue weighted by Crippen LogP contribution is 2.27. The lowest BCUT2D eigenvalue weighted by Gasteiger charge is -2.08. The number of para-hydroxylation sites is 1. The number of fused-ring (bicyclic) bond motifs is 1. The minimum absolute atomic E-state index is 0.0315. The third-order valence-corrected chi connectivity index (χ3v) is 4.18. The van der Waals surface area contributed by atoms with Gasteiger partial charge in [-0.1, -0.05) is 35.9 Å². The molecule has 3 aromatic rings. The lowest BCUT2D eigenvalue weighted by atomic mass is 10.2. The summed E-state index contributed by atoms with van der Waals surface area (Å²) in [5.74, 6) is 0.461. The van der Waals surface area contributed by atoms with E-state index in [1.54, 1.807) is 18.2 Å². The number of pyridine rings is 1. The number of carbonyl (C=O) groups is 1. The monoisotopic (exact) mass is 370 g/mol. The second-order valence-corrected chi connectivity index (χ2v) is 6.22. The van der Waals surface area contributed by atoms with E-state index >= 15 is 0 Å². The van der Waals surface area contributed by atoms with Gasteiger partial charge >= 0.3 is 0 Å². The van der Waals surface area contributed by atoms with Gasteiger partial charge in [0.1, 0.15) is 17.2 Å². The maximum absolute atomic E-state index is 12.2. The molecule has 3 rings (SSSR count). The number of ether oxygens (including phenoxy) is 1. The zero-order chi connectivity index (χ0) is 18.4. The van der Waals surface area contributed by atoms with Gasteiger partial charge in [-0.2, -0.15) is 0 Å². The summed E-state index contributed by atoms with van der Waals surface area (Å²) in [5, 5.41) is 13.5. The number of phenols is 1. The van der Waals surface area contributed by atoms with Crippen LogP contribution in [0.4, 0.5) is 0 Å². The molecule has 1 aromatic heterocycles. The molecule has 134 valence electrons. The molecule has 0 aliphatic carbocycles. The molecule has 0 unspecified atom stereocenters. The quantitative estimate of drug-likeness (QED) is 0.612. The summed E-state index contributed by atoms with van der Waals surface area (Å²) in [4.78, 5) is 16.5. The Hall–Kier alpha value is -2.79. The molecule has 0 aliphatic rings. The number of hydrogen-bond donors (Lipinski definition) is 2. The predicted octanol–water partition coefficient (Wildman–Crippen LogP) is 4.18. The van der Waals surface area contributed by atoms with Gasteiger partial charge in [-0.3, -0.25) is 4.79 Å². The Bertz CT molecular complexity index is 914. The fraction of sp³-hybridized carbons (Fsp3) is 0.200. The average molecular weight is 371 g/mol.